The van der Waals surface area contributed by atoms with Gasteiger partial charge < -0.3 is 50.3 Å². The van der Waals surface area contributed by atoms with E-state index in [9.17, 15) is 40.9 Å². The van der Waals surface area contributed by atoms with Crippen LogP contribution >= 0.6 is 0 Å². The molecule has 45 heavy (non-hydrogen) atoms. The number of aliphatic hydroxyl groups excluding tert-OH is 7. The predicted octanol–water partition coefficient (Wildman–Crippen LogP) is 1.80. The Balaban J connectivity index is 1.33. The smallest absolute Gasteiger partial charge is 0.186 e. The second-order valence-electron chi connectivity index (χ2n) is 15.7. The zero-order chi connectivity index (χ0) is 33.1. The zero-order valence-corrected chi connectivity index (χ0v) is 27.6. The number of rotatable bonds is 9. The Bertz CT molecular complexity index is 1110. The van der Waals surface area contributed by atoms with Crippen LogP contribution < -0.4 is 0 Å². The Morgan fingerprint density at radius 1 is 1.00 bits per heavy atom. The molecule has 1 saturated heterocycles. The minimum atomic E-state index is -1.53. The maximum Gasteiger partial charge on any atom is 0.186 e. The van der Waals surface area contributed by atoms with E-state index in [2.05, 4.69) is 34.6 Å². The first kappa shape index (κ1) is 35.4. The number of aliphatic hydroxyl groups is 8. The summed E-state index contributed by atoms with van der Waals surface area (Å²) >= 11 is 0. The van der Waals surface area contributed by atoms with Crippen molar-refractivity contribution in [3.8, 4) is 0 Å². The Hall–Kier alpha value is -0.920. The molecule has 0 aromatic carbocycles. The SMILES string of the molecule is CC(C)C(=CCO)CCC(C)C1C(O)CC2C3=CC(O)C4CC(OC5OC(CO)C(O)C(O)C5O)CCC4(C)C3(O)CCC21C. The molecule has 0 radical (unpaired) electrons. The Kier molecular flexibility index (Phi) is 10.4. The fraction of sp³-hybridized carbons (Fsp3) is 0.886. The maximum absolute atomic E-state index is 12.6. The molecule has 10 heteroatoms. The van der Waals surface area contributed by atoms with Crippen molar-refractivity contribution in [3.63, 3.8) is 0 Å². The monoisotopic (exact) mass is 638 g/mol. The average Bonchev–Trinajstić information content (AvgIpc) is 3.27. The molecule has 258 valence electrons. The van der Waals surface area contributed by atoms with Crippen LogP contribution in [0, 0.1) is 40.4 Å². The molecule has 15 atom stereocenters. The Labute approximate surface area is 267 Å². The molecule has 10 nitrogen and oxygen atoms in total. The second-order valence-corrected chi connectivity index (χ2v) is 15.7. The number of allylic oxidation sites excluding steroid dienone is 1. The predicted molar refractivity (Wildman–Crippen MR) is 166 cm³/mol. The number of hydrogen-bond donors (Lipinski definition) is 8. The van der Waals surface area contributed by atoms with E-state index in [1.807, 2.05) is 12.2 Å². The van der Waals surface area contributed by atoms with Crippen molar-refractivity contribution >= 4 is 0 Å². The summed E-state index contributed by atoms with van der Waals surface area (Å²) in [5, 5.41) is 85.7. The van der Waals surface area contributed by atoms with Crippen LogP contribution in [0.1, 0.15) is 86.0 Å². The van der Waals surface area contributed by atoms with Crippen molar-refractivity contribution in [1.29, 1.82) is 0 Å². The molecule has 0 aromatic heterocycles. The van der Waals surface area contributed by atoms with Gasteiger partial charge in [-0.05, 0) is 91.9 Å². The van der Waals surface area contributed by atoms with E-state index in [4.69, 9.17) is 9.47 Å². The summed E-state index contributed by atoms with van der Waals surface area (Å²) in [7, 11) is 0. The molecule has 8 N–H and O–H groups in total. The summed E-state index contributed by atoms with van der Waals surface area (Å²) in [5.74, 6) is 0.279. The molecule has 0 amide bonds. The first-order valence-electron chi connectivity index (χ1n) is 17.2. The molecule has 5 aliphatic rings. The van der Waals surface area contributed by atoms with E-state index >= 15 is 0 Å². The molecule has 0 spiro atoms. The number of ether oxygens (including phenoxy) is 2. The summed E-state index contributed by atoms with van der Waals surface area (Å²) in [6.45, 7) is 10.3. The Morgan fingerprint density at radius 3 is 2.36 bits per heavy atom. The van der Waals surface area contributed by atoms with Gasteiger partial charge >= 0.3 is 0 Å². The molecule has 5 rings (SSSR count). The van der Waals surface area contributed by atoms with Gasteiger partial charge in [0.15, 0.2) is 6.29 Å². The van der Waals surface area contributed by atoms with Gasteiger partial charge in [-0.1, -0.05) is 52.3 Å². The van der Waals surface area contributed by atoms with E-state index in [0.29, 0.717) is 38.0 Å². The third-order valence-corrected chi connectivity index (χ3v) is 13.1. The van der Waals surface area contributed by atoms with Gasteiger partial charge in [0, 0.05) is 5.41 Å². The summed E-state index contributed by atoms with van der Waals surface area (Å²) in [5.41, 5.74) is 0.111. The van der Waals surface area contributed by atoms with Crippen molar-refractivity contribution < 1.29 is 50.3 Å². The lowest BCUT2D eigenvalue weighted by molar-refractivity contribution is -0.317. The standard InChI is InChI=1S/C35H58O10/c1-18(2)20(9-13-36)7-6-19(3)28-26(39)15-22-23-16-25(38)24-14-21(44-32-31(42)30(41)29(40)27(17-37)45-32)8-10-34(24,5)35(23,43)12-11-33(22,28)4/h9,16,18-19,21-22,24-32,36-43H,6-8,10-15,17H2,1-5H3. The zero-order valence-electron chi connectivity index (χ0n) is 27.6. The maximum atomic E-state index is 12.6. The van der Waals surface area contributed by atoms with Gasteiger partial charge in [0.2, 0.25) is 0 Å². The second kappa shape index (κ2) is 13.2. The van der Waals surface area contributed by atoms with Gasteiger partial charge in [-0.15, -0.1) is 0 Å². The molecular weight excluding hydrogens is 580 g/mol. The molecule has 4 fully saturated rings. The van der Waals surface area contributed by atoms with Crippen LogP contribution in [0.3, 0.4) is 0 Å². The highest BCUT2D eigenvalue weighted by Gasteiger charge is 2.67. The van der Waals surface area contributed by atoms with Crippen LogP contribution in [0.2, 0.25) is 0 Å². The number of fused-ring (bicyclic) bond motifs is 5. The average molecular weight is 639 g/mol. The van der Waals surface area contributed by atoms with E-state index < -0.39 is 66.6 Å². The largest absolute Gasteiger partial charge is 0.394 e. The third kappa shape index (κ3) is 5.89. The molecule has 3 saturated carbocycles. The summed E-state index contributed by atoms with van der Waals surface area (Å²) < 4.78 is 11.7. The van der Waals surface area contributed by atoms with E-state index in [0.717, 1.165) is 24.8 Å². The molecule has 4 aliphatic carbocycles. The van der Waals surface area contributed by atoms with Gasteiger partial charge in [0.05, 0.1) is 37.1 Å². The van der Waals surface area contributed by atoms with Crippen molar-refractivity contribution in [3.05, 3.63) is 23.3 Å². The third-order valence-electron chi connectivity index (χ3n) is 13.1. The fourth-order valence-electron chi connectivity index (χ4n) is 10.4. The Morgan fingerprint density at radius 2 is 1.71 bits per heavy atom. The van der Waals surface area contributed by atoms with Crippen LogP contribution in [-0.4, -0.2) is 109 Å². The van der Waals surface area contributed by atoms with Gasteiger partial charge in [-0.2, -0.15) is 0 Å². The van der Waals surface area contributed by atoms with Gasteiger partial charge in [-0.25, -0.2) is 0 Å². The first-order chi connectivity index (χ1) is 21.1. The van der Waals surface area contributed by atoms with Gasteiger partial charge in [0.1, 0.15) is 24.4 Å². The highest BCUT2D eigenvalue weighted by atomic mass is 16.7. The first-order valence-corrected chi connectivity index (χ1v) is 17.2. The normalized spacial score (nSPS) is 49.2. The fourth-order valence-corrected chi connectivity index (χ4v) is 10.4. The van der Waals surface area contributed by atoms with Crippen LogP contribution in [0.5, 0.6) is 0 Å². The van der Waals surface area contributed by atoms with E-state index in [-0.39, 0.29) is 35.7 Å². The summed E-state index contributed by atoms with van der Waals surface area (Å²) in [6.07, 6.45) is 0.353. The summed E-state index contributed by atoms with van der Waals surface area (Å²) in [6, 6.07) is 0. The lowest BCUT2D eigenvalue weighted by atomic mass is 9.45. The van der Waals surface area contributed by atoms with Crippen molar-refractivity contribution in [2.75, 3.05) is 13.2 Å². The van der Waals surface area contributed by atoms with E-state index in [1.54, 1.807) is 0 Å². The highest BCUT2D eigenvalue weighted by Crippen LogP contribution is 2.68. The van der Waals surface area contributed by atoms with Crippen LogP contribution in [-0.2, 0) is 9.47 Å². The lowest BCUT2D eigenvalue weighted by Gasteiger charge is -2.63. The van der Waals surface area contributed by atoms with Crippen LogP contribution in [0.15, 0.2) is 23.3 Å². The number of hydrogen-bond acceptors (Lipinski definition) is 10. The van der Waals surface area contributed by atoms with Gasteiger partial charge in [0.25, 0.3) is 0 Å². The molecular formula is C35H58O10. The molecule has 0 aromatic rings. The molecule has 15 unspecified atom stereocenters. The van der Waals surface area contributed by atoms with Crippen LogP contribution in [0.25, 0.3) is 0 Å². The topological polar surface area (TPSA) is 180 Å². The quantitative estimate of drug-likeness (QED) is 0.174. The van der Waals surface area contributed by atoms with E-state index in [1.165, 1.54) is 5.57 Å². The highest BCUT2D eigenvalue weighted by molar-refractivity contribution is 5.37. The van der Waals surface area contributed by atoms with Crippen molar-refractivity contribution in [2.24, 2.45) is 40.4 Å². The van der Waals surface area contributed by atoms with Gasteiger partial charge in [-0.3, -0.25) is 0 Å². The lowest BCUT2D eigenvalue weighted by Crippen LogP contribution is -2.64. The van der Waals surface area contributed by atoms with Crippen molar-refractivity contribution in [2.45, 2.75) is 141 Å². The molecule has 1 aliphatic heterocycles. The molecule has 0 bridgehead atoms. The minimum Gasteiger partial charge on any atom is -0.394 e. The molecule has 1 heterocycles. The van der Waals surface area contributed by atoms with Crippen LogP contribution in [0.4, 0.5) is 0 Å². The minimum absolute atomic E-state index is 0.0309. The van der Waals surface area contributed by atoms with Crippen molar-refractivity contribution in [1.82, 2.24) is 0 Å². The summed E-state index contributed by atoms with van der Waals surface area (Å²) in [4.78, 5) is 0.